The summed E-state index contributed by atoms with van der Waals surface area (Å²) in [6.45, 7) is 0. The van der Waals surface area contributed by atoms with E-state index in [0.29, 0.717) is 16.4 Å². The van der Waals surface area contributed by atoms with Gasteiger partial charge in [-0.15, -0.1) is 11.3 Å². The molecule has 1 heterocycles. The summed E-state index contributed by atoms with van der Waals surface area (Å²) in [5, 5.41) is 17.8. The number of methoxy groups -OCH3 is 2. The molecule has 0 aliphatic carbocycles. The summed E-state index contributed by atoms with van der Waals surface area (Å²) in [6, 6.07) is 12.6. The van der Waals surface area contributed by atoms with Crippen LogP contribution >= 0.6 is 11.3 Å². The van der Waals surface area contributed by atoms with Gasteiger partial charge in [0.2, 0.25) is 5.13 Å². The lowest BCUT2D eigenvalue weighted by atomic mass is 10.2. The summed E-state index contributed by atoms with van der Waals surface area (Å²) in [5.74, 6) is 0.444. The predicted octanol–water partition coefficient (Wildman–Crippen LogP) is 4.18. The highest BCUT2D eigenvalue weighted by molar-refractivity contribution is 7.14. The standard InChI is InChI=1S/C18H16N4O4S/c1-25-16-9-15(22(23)24)17(26-2)8-13(16)10-19-21-18-20-14(11-27-18)12-6-4-3-5-7-12/h3-11H,1-2H3,(H,20,21). The van der Waals surface area contributed by atoms with Crippen LogP contribution in [-0.2, 0) is 0 Å². The quantitative estimate of drug-likeness (QED) is 0.373. The van der Waals surface area contributed by atoms with Gasteiger partial charge >= 0.3 is 5.69 Å². The minimum Gasteiger partial charge on any atom is -0.496 e. The summed E-state index contributed by atoms with van der Waals surface area (Å²) >= 11 is 1.42. The molecule has 27 heavy (non-hydrogen) atoms. The lowest BCUT2D eigenvalue weighted by Crippen LogP contribution is -1.99. The third kappa shape index (κ3) is 4.21. The van der Waals surface area contributed by atoms with E-state index in [1.807, 2.05) is 35.7 Å². The number of nitro benzene ring substituents is 1. The predicted molar refractivity (Wildman–Crippen MR) is 105 cm³/mol. The van der Waals surface area contributed by atoms with Crippen LogP contribution in [0.2, 0.25) is 0 Å². The van der Waals surface area contributed by atoms with Crippen molar-refractivity contribution in [3.8, 4) is 22.8 Å². The monoisotopic (exact) mass is 384 g/mol. The first kappa shape index (κ1) is 18.3. The largest absolute Gasteiger partial charge is 0.496 e. The van der Waals surface area contributed by atoms with E-state index in [9.17, 15) is 10.1 Å². The first-order chi connectivity index (χ1) is 13.1. The summed E-state index contributed by atoms with van der Waals surface area (Å²) in [4.78, 5) is 15.0. The third-order valence-corrected chi connectivity index (χ3v) is 4.41. The van der Waals surface area contributed by atoms with Gasteiger partial charge in [-0.1, -0.05) is 30.3 Å². The Morgan fingerprint density at radius 3 is 2.59 bits per heavy atom. The summed E-state index contributed by atoms with van der Waals surface area (Å²) in [6.07, 6.45) is 1.49. The van der Waals surface area contributed by atoms with Crippen molar-refractivity contribution < 1.29 is 14.4 Å². The Kier molecular flexibility index (Phi) is 5.62. The summed E-state index contributed by atoms with van der Waals surface area (Å²) < 4.78 is 10.3. The van der Waals surface area contributed by atoms with Crippen molar-refractivity contribution in [2.75, 3.05) is 19.6 Å². The van der Waals surface area contributed by atoms with Crippen LogP contribution in [0.5, 0.6) is 11.5 Å². The van der Waals surface area contributed by atoms with Gasteiger partial charge in [0.05, 0.1) is 37.1 Å². The number of rotatable bonds is 7. The lowest BCUT2D eigenvalue weighted by molar-refractivity contribution is -0.385. The van der Waals surface area contributed by atoms with Gasteiger partial charge in [-0.05, 0) is 6.07 Å². The first-order valence-electron chi connectivity index (χ1n) is 7.83. The number of nitrogens with one attached hydrogen (secondary N) is 1. The van der Waals surface area contributed by atoms with Crippen molar-refractivity contribution >= 4 is 28.4 Å². The molecule has 0 unspecified atom stereocenters. The second-order valence-corrected chi connectivity index (χ2v) is 6.16. The Morgan fingerprint density at radius 2 is 1.93 bits per heavy atom. The molecular formula is C18H16N4O4S. The maximum atomic E-state index is 11.1. The van der Waals surface area contributed by atoms with Crippen molar-refractivity contribution in [2.45, 2.75) is 0 Å². The molecule has 1 N–H and O–H groups in total. The number of hydrogen-bond donors (Lipinski definition) is 1. The molecule has 138 valence electrons. The van der Waals surface area contributed by atoms with Crippen LogP contribution in [0.4, 0.5) is 10.8 Å². The number of benzene rings is 2. The molecule has 0 amide bonds. The molecule has 1 aromatic heterocycles. The summed E-state index contributed by atoms with van der Waals surface area (Å²) in [5.41, 5.74) is 5.09. The van der Waals surface area contributed by atoms with Crippen LogP contribution in [0.1, 0.15) is 5.56 Å². The second kappa shape index (κ2) is 8.28. The van der Waals surface area contributed by atoms with Gasteiger partial charge in [0.25, 0.3) is 0 Å². The lowest BCUT2D eigenvalue weighted by Gasteiger charge is -2.07. The fraction of sp³-hybridized carbons (Fsp3) is 0.111. The minimum absolute atomic E-state index is 0.128. The molecule has 0 atom stereocenters. The normalized spacial score (nSPS) is 10.7. The molecule has 0 spiro atoms. The van der Waals surface area contributed by atoms with E-state index in [2.05, 4.69) is 15.5 Å². The van der Waals surface area contributed by atoms with Crippen molar-refractivity contribution in [3.63, 3.8) is 0 Å². The smallest absolute Gasteiger partial charge is 0.314 e. The van der Waals surface area contributed by atoms with Gasteiger partial charge in [0.1, 0.15) is 5.75 Å². The van der Waals surface area contributed by atoms with Crippen molar-refractivity contribution in [2.24, 2.45) is 5.10 Å². The molecule has 3 rings (SSSR count). The van der Waals surface area contributed by atoms with Crippen LogP contribution < -0.4 is 14.9 Å². The Bertz CT molecular complexity index is 973. The van der Waals surface area contributed by atoms with Crippen molar-refractivity contribution in [3.05, 3.63) is 63.5 Å². The van der Waals surface area contributed by atoms with E-state index < -0.39 is 4.92 Å². The highest BCUT2D eigenvalue weighted by Crippen LogP contribution is 2.33. The number of ether oxygens (including phenoxy) is 2. The fourth-order valence-electron chi connectivity index (χ4n) is 2.37. The SMILES string of the molecule is COc1cc([N+](=O)[O-])c(OC)cc1C=NNc1nc(-c2ccccc2)cs1. The van der Waals surface area contributed by atoms with E-state index in [1.54, 1.807) is 0 Å². The molecule has 0 radical (unpaired) electrons. The van der Waals surface area contributed by atoms with Crippen LogP contribution in [0.3, 0.4) is 0 Å². The maximum Gasteiger partial charge on any atom is 0.314 e. The second-order valence-electron chi connectivity index (χ2n) is 5.30. The number of hydrogen-bond acceptors (Lipinski definition) is 8. The number of hydrazone groups is 1. The number of thiazole rings is 1. The molecule has 0 saturated heterocycles. The molecule has 0 fully saturated rings. The molecule has 0 saturated carbocycles. The van der Waals surface area contributed by atoms with E-state index in [1.165, 1.54) is 43.9 Å². The Hall–Kier alpha value is -3.46. The average Bonchev–Trinajstić information content (AvgIpc) is 3.17. The van der Waals surface area contributed by atoms with E-state index in [-0.39, 0.29) is 11.4 Å². The van der Waals surface area contributed by atoms with E-state index >= 15 is 0 Å². The third-order valence-electron chi connectivity index (χ3n) is 3.67. The van der Waals surface area contributed by atoms with Gasteiger partial charge in [-0.25, -0.2) is 4.98 Å². The molecule has 0 aliphatic heterocycles. The maximum absolute atomic E-state index is 11.1. The molecule has 2 aromatic carbocycles. The topological polar surface area (TPSA) is 98.9 Å². The number of nitrogens with zero attached hydrogens (tertiary/aromatic N) is 3. The molecule has 0 aliphatic rings. The molecule has 8 nitrogen and oxygen atoms in total. The Morgan fingerprint density at radius 1 is 1.19 bits per heavy atom. The van der Waals surface area contributed by atoms with Gasteiger partial charge in [0, 0.05) is 16.5 Å². The van der Waals surface area contributed by atoms with Crippen molar-refractivity contribution in [1.82, 2.24) is 4.98 Å². The highest BCUT2D eigenvalue weighted by atomic mass is 32.1. The molecule has 9 heteroatoms. The number of aromatic nitrogens is 1. The van der Waals surface area contributed by atoms with Crippen LogP contribution in [0, 0.1) is 10.1 Å². The first-order valence-corrected chi connectivity index (χ1v) is 8.70. The summed E-state index contributed by atoms with van der Waals surface area (Å²) in [7, 11) is 2.80. The number of nitro groups is 1. The molecule has 0 bridgehead atoms. The van der Waals surface area contributed by atoms with Crippen molar-refractivity contribution in [1.29, 1.82) is 0 Å². The van der Waals surface area contributed by atoms with Gasteiger partial charge in [0.15, 0.2) is 5.75 Å². The molecular weight excluding hydrogens is 368 g/mol. The average molecular weight is 384 g/mol. The molecule has 3 aromatic rings. The Labute approximate surface area is 159 Å². The zero-order valence-electron chi connectivity index (χ0n) is 14.6. The minimum atomic E-state index is -0.527. The van der Waals surface area contributed by atoms with Gasteiger partial charge in [-0.2, -0.15) is 5.10 Å². The zero-order valence-corrected chi connectivity index (χ0v) is 15.4. The van der Waals surface area contributed by atoms with Crippen LogP contribution in [0.25, 0.3) is 11.3 Å². The Balaban J connectivity index is 1.78. The van der Waals surface area contributed by atoms with E-state index in [4.69, 9.17) is 9.47 Å². The highest BCUT2D eigenvalue weighted by Gasteiger charge is 2.18. The van der Waals surface area contributed by atoms with Gasteiger partial charge < -0.3 is 9.47 Å². The van der Waals surface area contributed by atoms with Crippen LogP contribution in [-0.4, -0.2) is 30.3 Å². The van der Waals surface area contributed by atoms with Gasteiger partial charge in [-0.3, -0.25) is 15.5 Å². The van der Waals surface area contributed by atoms with E-state index in [0.717, 1.165) is 11.3 Å². The van der Waals surface area contributed by atoms with Crippen LogP contribution in [0.15, 0.2) is 52.9 Å². The fourth-order valence-corrected chi connectivity index (χ4v) is 3.04. The number of anilines is 1. The zero-order chi connectivity index (χ0) is 19.2.